The first-order valence-electron chi connectivity index (χ1n) is 5.67. The second-order valence-electron chi connectivity index (χ2n) is 4.11. The number of hydrogen-bond acceptors (Lipinski definition) is 6. The molecule has 1 aliphatic rings. The van der Waals surface area contributed by atoms with Gasteiger partial charge in [-0.15, -0.1) is 0 Å². The maximum atomic E-state index is 11.1. The minimum atomic E-state index is -0.816. The number of halogens is 1. The molecule has 0 amide bonds. The van der Waals surface area contributed by atoms with Crippen molar-refractivity contribution in [3.05, 3.63) is 9.66 Å². The SMILES string of the molecule is CC(=O)O[C@@H]1[C@H](OC(C)=O)C=C(I)C[C@H]1OC(C)=O. The highest BCUT2D eigenvalue weighted by molar-refractivity contribution is 14.1. The topological polar surface area (TPSA) is 78.9 Å². The molecular weight excluding hydrogens is 367 g/mol. The van der Waals surface area contributed by atoms with E-state index < -0.39 is 36.2 Å². The lowest BCUT2D eigenvalue weighted by molar-refractivity contribution is -0.179. The first kappa shape index (κ1) is 15.9. The Balaban J connectivity index is 2.96. The highest BCUT2D eigenvalue weighted by Crippen LogP contribution is 2.30. The lowest BCUT2D eigenvalue weighted by Gasteiger charge is -2.33. The molecule has 6 nitrogen and oxygen atoms in total. The predicted octanol–water partition coefficient (Wildman–Crippen LogP) is 1.50. The van der Waals surface area contributed by atoms with Gasteiger partial charge in [-0.25, -0.2) is 0 Å². The van der Waals surface area contributed by atoms with Crippen molar-refractivity contribution in [1.29, 1.82) is 0 Å². The summed E-state index contributed by atoms with van der Waals surface area (Å²) < 4.78 is 16.2. The predicted molar refractivity (Wildman–Crippen MR) is 73.4 cm³/mol. The summed E-state index contributed by atoms with van der Waals surface area (Å²) in [5.74, 6) is -1.49. The second-order valence-corrected chi connectivity index (χ2v) is 5.50. The standard InChI is InChI=1S/C12H15IO6/c1-6(14)17-10-4-9(13)5-11(18-7(2)15)12(10)19-8(3)16/h4,10-12H,5H2,1-3H3/t10-,11-,12-/m1/s1. The fraction of sp³-hybridized carbons (Fsp3) is 0.583. The van der Waals surface area contributed by atoms with Crippen LogP contribution in [0.2, 0.25) is 0 Å². The molecule has 0 aliphatic heterocycles. The quantitative estimate of drug-likeness (QED) is 0.418. The molecule has 1 rings (SSSR count). The zero-order chi connectivity index (χ0) is 14.6. The van der Waals surface area contributed by atoms with E-state index >= 15 is 0 Å². The third-order valence-electron chi connectivity index (χ3n) is 2.35. The molecule has 0 aromatic heterocycles. The average Bonchev–Trinajstić information content (AvgIpc) is 2.20. The van der Waals surface area contributed by atoms with Crippen molar-refractivity contribution in [2.75, 3.05) is 0 Å². The first-order valence-corrected chi connectivity index (χ1v) is 6.75. The van der Waals surface area contributed by atoms with E-state index in [4.69, 9.17) is 14.2 Å². The molecule has 1 aliphatic carbocycles. The van der Waals surface area contributed by atoms with Gasteiger partial charge in [-0.05, 0) is 32.2 Å². The zero-order valence-corrected chi connectivity index (χ0v) is 13.0. The van der Waals surface area contributed by atoms with Gasteiger partial charge in [0, 0.05) is 27.2 Å². The van der Waals surface area contributed by atoms with Crippen LogP contribution in [0.4, 0.5) is 0 Å². The normalized spacial score (nSPS) is 26.1. The van der Waals surface area contributed by atoms with E-state index in [9.17, 15) is 14.4 Å². The average molecular weight is 382 g/mol. The summed E-state index contributed by atoms with van der Waals surface area (Å²) in [6.07, 6.45) is -0.0938. The van der Waals surface area contributed by atoms with Crippen LogP contribution in [0.25, 0.3) is 0 Å². The molecule has 0 bridgehead atoms. The van der Waals surface area contributed by atoms with Gasteiger partial charge >= 0.3 is 17.9 Å². The largest absolute Gasteiger partial charge is 0.458 e. The van der Waals surface area contributed by atoms with Crippen molar-refractivity contribution in [3.8, 4) is 0 Å². The number of esters is 3. The Morgan fingerprint density at radius 2 is 1.58 bits per heavy atom. The Kier molecular flexibility index (Phi) is 5.77. The van der Waals surface area contributed by atoms with Crippen LogP contribution >= 0.6 is 22.6 Å². The number of carbonyl (C=O) groups excluding carboxylic acids is 3. The molecule has 3 atom stereocenters. The van der Waals surface area contributed by atoms with Crippen LogP contribution in [-0.2, 0) is 28.6 Å². The van der Waals surface area contributed by atoms with Crippen LogP contribution in [0, 0.1) is 0 Å². The smallest absolute Gasteiger partial charge is 0.303 e. The van der Waals surface area contributed by atoms with Crippen molar-refractivity contribution in [3.63, 3.8) is 0 Å². The Hall–Kier alpha value is -1.12. The van der Waals surface area contributed by atoms with E-state index in [1.54, 1.807) is 6.08 Å². The molecule has 0 aromatic rings. The lowest BCUT2D eigenvalue weighted by Crippen LogP contribution is -2.46. The van der Waals surface area contributed by atoms with Crippen molar-refractivity contribution < 1.29 is 28.6 Å². The van der Waals surface area contributed by atoms with E-state index in [1.807, 2.05) is 0 Å². The van der Waals surface area contributed by atoms with Crippen LogP contribution in [0.15, 0.2) is 9.66 Å². The summed E-state index contributed by atoms with van der Waals surface area (Å²) in [7, 11) is 0. The molecular formula is C12H15IO6. The maximum absolute atomic E-state index is 11.1. The van der Waals surface area contributed by atoms with Gasteiger partial charge in [-0.3, -0.25) is 14.4 Å². The van der Waals surface area contributed by atoms with Crippen LogP contribution < -0.4 is 0 Å². The summed E-state index contributed by atoms with van der Waals surface area (Å²) in [6.45, 7) is 3.79. The summed E-state index contributed by atoms with van der Waals surface area (Å²) in [4.78, 5) is 33.3. The van der Waals surface area contributed by atoms with Gasteiger partial charge in [0.1, 0.15) is 6.10 Å². The monoisotopic (exact) mass is 382 g/mol. The molecule has 19 heavy (non-hydrogen) atoms. The molecule has 0 spiro atoms. The summed E-state index contributed by atoms with van der Waals surface area (Å²) in [5, 5.41) is 0. The van der Waals surface area contributed by atoms with E-state index in [0.717, 1.165) is 3.58 Å². The van der Waals surface area contributed by atoms with Gasteiger partial charge in [-0.2, -0.15) is 0 Å². The Labute approximate surface area is 124 Å². The fourth-order valence-electron chi connectivity index (χ4n) is 1.81. The molecule has 0 aromatic carbocycles. The molecule has 0 radical (unpaired) electrons. The number of rotatable bonds is 3. The van der Waals surface area contributed by atoms with Crippen molar-refractivity contribution >= 4 is 40.5 Å². The van der Waals surface area contributed by atoms with Gasteiger partial charge in [0.15, 0.2) is 12.2 Å². The van der Waals surface area contributed by atoms with Gasteiger partial charge < -0.3 is 14.2 Å². The fourth-order valence-corrected chi connectivity index (χ4v) is 2.60. The maximum Gasteiger partial charge on any atom is 0.303 e. The van der Waals surface area contributed by atoms with E-state index in [1.165, 1.54) is 20.8 Å². The Morgan fingerprint density at radius 3 is 2.05 bits per heavy atom. The molecule has 0 N–H and O–H groups in total. The molecule has 106 valence electrons. The third kappa shape index (κ3) is 5.17. The highest BCUT2D eigenvalue weighted by atomic mass is 127. The van der Waals surface area contributed by atoms with Gasteiger partial charge in [-0.1, -0.05) is 0 Å². The molecule has 0 fully saturated rings. The van der Waals surface area contributed by atoms with E-state index in [2.05, 4.69) is 22.6 Å². The molecule has 0 unspecified atom stereocenters. The van der Waals surface area contributed by atoms with Crippen molar-refractivity contribution in [1.82, 2.24) is 0 Å². The van der Waals surface area contributed by atoms with Crippen LogP contribution in [-0.4, -0.2) is 36.2 Å². The number of hydrogen-bond donors (Lipinski definition) is 0. The second kappa shape index (κ2) is 6.88. The summed E-state index contributed by atoms with van der Waals surface area (Å²) in [6, 6.07) is 0. The number of ether oxygens (including phenoxy) is 3. The number of carbonyl (C=O) groups is 3. The van der Waals surface area contributed by atoms with Crippen molar-refractivity contribution in [2.45, 2.75) is 45.5 Å². The summed E-state index contributed by atoms with van der Waals surface area (Å²) >= 11 is 2.06. The lowest BCUT2D eigenvalue weighted by atomic mass is 9.98. The minimum absolute atomic E-state index is 0.426. The van der Waals surface area contributed by atoms with Crippen LogP contribution in [0.5, 0.6) is 0 Å². The Morgan fingerprint density at radius 1 is 1.05 bits per heavy atom. The van der Waals surface area contributed by atoms with Gasteiger partial charge in [0.25, 0.3) is 0 Å². The highest BCUT2D eigenvalue weighted by Gasteiger charge is 2.39. The molecule has 0 heterocycles. The van der Waals surface area contributed by atoms with E-state index in [-0.39, 0.29) is 0 Å². The van der Waals surface area contributed by atoms with Crippen molar-refractivity contribution in [2.24, 2.45) is 0 Å². The minimum Gasteiger partial charge on any atom is -0.458 e. The Bertz CT molecular complexity index is 416. The zero-order valence-electron chi connectivity index (χ0n) is 10.8. The molecule has 0 saturated carbocycles. The molecule has 7 heteroatoms. The van der Waals surface area contributed by atoms with Crippen LogP contribution in [0.1, 0.15) is 27.2 Å². The molecule has 0 saturated heterocycles. The third-order valence-corrected chi connectivity index (χ3v) is 3.15. The van der Waals surface area contributed by atoms with Gasteiger partial charge in [0.05, 0.1) is 0 Å². The summed E-state index contributed by atoms with van der Waals surface area (Å²) in [5.41, 5.74) is 0. The van der Waals surface area contributed by atoms with E-state index in [0.29, 0.717) is 6.42 Å². The van der Waals surface area contributed by atoms with Crippen LogP contribution in [0.3, 0.4) is 0 Å². The van der Waals surface area contributed by atoms with Gasteiger partial charge in [0.2, 0.25) is 0 Å². The first-order chi connectivity index (χ1) is 8.79.